The number of likely N-dealkylation sites (tertiary alicyclic amines) is 3. The summed E-state index contributed by atoms with van der Waals surface area (Å²) in [7, 11) is 0. The summed E-state index contributed by atoms with van der Waals surface area (Å²) in [6.07, 6.45) is 15.3. The van der Waals surface area contributed by atoms with Gasteiger partial charge in [0.1, 0.15) is 86.6 Å². The number of nitrogens with one attached hydrogen (secondary N) is 2. The highest BCUT2D eigenvalue weighted by atomic mass is 16.5. The summed E-state index contributed by atoms with van der Waals surface area (Å²) in [5.74, 6) is 10.1. The fourth-order valence-corrected chi connectivity index (χ4v) is 13.7. The Balaban J connectivity index is 0.000000138. The Morgan fingerprint density at radius 2 is 1.23 bits per heavy atom. The highest BCUT2D eigenvalue weighted by Gasteiger charge is 2.37. The zero-order chi connectivity index (χ0) is 71.5. The number of ether oxygens (including phenoxy) is 2. The van der Waals surface area contributed by atoms with Crippen molar-refractivity contribution >= 4 is 69.4 Å². The molecule has 3 saturated heterocycles. The topological polar surface area (TPSA) is 320 Å². The Hall–Kier alpha value is -13.0. The average molecular weight is 1380 g/mol. The minimum Gasteiger partial charge on any atom is -0.457 e. The molecule has 5 aromatic carbocycles. The maximum atomic E-state index is 12.6. The lowest BCUT2D eigenvalue weighted by Gasteiger charge is -2.38. The molecule has 15 rings (SSSR count). The molecule has 4 aliphatic rings. The first-order valence-corrected chi connectivity index (χ1v) is 34.1. The Labute approximate surface area is 594 Å². The standard InChI is InChI=1S/C27H29N5O3.C26H23N7O2.C25H24N6O2/c1-2-23(33)31-16-13-18(14-17-31)22-12-15-29-27-24(26(28)34)25(30-32(22)27)19-8-10-21(11-9-19)35-20-6-4-3-5-7-20;1-2-6-21(34)32-15-5-7-19(32)25-31-22(23-24(27)29-14-16-33(23)25)17-9-11-18(12-10-17)26(35)30-20-8-3-4-13-28-20;1-2-21(32)30-14-6-7-18(15-30)31-25-22(24(26)27-16-28-25)23(29-31)17-10-12-20(13-11-17)33-19-8-4-3-5-9-19/h2-11,18,22,29H,1,12-17H2,(H2,28,34);3-4,8-14,16,19H,5,7,15H2,1H3,(H2,27,29)(H,28,30,35);2-5,8-13,16,18H,1,6-7,14-15H2,(H2,26,27,28)/t22-;;18-/m0.1/s1. The summed E-state index contributed by atoms with van der Waals surface area (Å²) in [6, 6.07) is 46.8. The molecule has 25 nitrogen and oxygen atoms in total. The number of amides is 5. The van der Waals surface area contributed by atoms with Crippen LogP contribution >= 0.6 is 0 Å². The lowest BCUT2D eigenvalue weighted by atomic mass is 9.87. The van der Waals surface area contributed by atoms with E-state index in [1.54, 1.807) is 65.6 Å². The third-order valence-electron chi connectivity index (χ3n) is 18.7. The van der Waals surface area contributed by atoms with Crippen molar-refractivity contribution in [2.24, 2.45) is 11.7 Å². The zero-order valence-corrected chi connectivity index (χ0v) is 56.7. The smallest absolute Gasteiger partial charge is 0.299 e. The maximum Gasteiger partial charge on any atom is 0.299 e. The number of primary amides is 1. The summed E-state index contributed by atoms with van der Waals surface area (Å²) in [5.41, 5.74) is 25.0. The van der Waals surface area contributed by atoms with Gasteiger partial charge in [0.15, 0.2) is 5.65 Å². The lowest BCUT2D eigenvalue weighted by Crippen LogP contribution is -2.41. The largest absolute Gasteiger partial charge is 0.457 e. The number of para-hydroxylation sites is 2. The van der Waals surface area contributed by atoms with E-state index in [0.29, 0.717) is 118 Å². The predicted octanol–water partition coefficient (Wildman–Crippen LogP) is 11.8. The van der Waals surface area contributed by atoms with Gasteiger partial charge in [-0.1, -0.05) is 73.7 Å². The quantitative estimate of drug-likeness (QED) is 0.0470. The molecule has 11 aromatic rings. The Morgan fingerprint density at radius 3 is 1.87 bits per heavy atom. The van der Waals surface area contributed by atoms with Crippen LogP contribution in [-0.4, -0.2) is 132 Å². The molecule has 0 bridgehead atoms. The van der Waals surface area contributed by atoms with Crippen molar-refractivity contribution in [1.29, 1.82) is 0 Å². The Morgan fingerprint density at radius 1 is 0.621 bits per heavy atom. The molecule has 0 radical (unpaired) electrons. The van der Waals surface area contributed by atoms with Crippen LogP contribution in [0.3, 0.4) is 0 Å². The van der Waals surface area contributed by atoms with E-state index in [1.165, 1.54) is 18.5 Å². The van der Waals surface area contributed by atoms with Gasteiger partial charge in [0.25, 0.3) is 17.7 Å². The summed E-state index contributed by atoms with van der Waals surface area (Å²) in [4.78, 5) is 89.2. The van der Waals surface area contributed by atoms with Gasteiger partial charge in [0, 0.05) is 80.1 Å². The van der Waals surface area contributed by atoms with Gasteiger partial charge in [-0.05, 0) is 173 Å². The molecule has 103 heavy (non-hydrogen) atoms. The van der Waals surface area contributed by atoms with Crippen LogP contribution < -0.4 is 37.3 Å². The Kier molecular flexibility index (Phi) is 20.7. The molecule has 5 amide bonds. The molecule has 1 unspecified atom stereocenters. The van der Waals surface area contributed by atoms with E-state index in [-0.39, 0.29) is 41.8 Å². The summed E-state index contributed by atoms with van der Waals surface area (Å²) >= 11 is 0. The monoisotopic (exact) mass is 1380 g/mol. The number of aromatic nitrogens is 10. The maximum absolute atomic E-state index is 12.6. The minimum absolute atomic E-state index is 0.00566. The van der Waals surface area contributed by atoms with Crippen molar-refractivity contribution in [3.05, 3.63) is 219 Å². The molecule has 6 aromatic heterocycles. The molecule has 3 atom stereocenters. The third kappa shape index (κ3) is 15.0. The van der Waals surface area contributed by atoms with Gasteiger partial charge in [-0.15, -0.1) is 0 Å². The van der Waals surface area contributed by atoms with Gasteiger partial charge < -0.3 is 52.0 Å². The third-order valence-corrected chi connectivity index (χ3v) is 18.7. The molecular weight excluding hydrogens is 1300 g/mol. The number of nitrogens with two attached hydrogens (primary N) is 3. The van der Waals surface area contributed by atoms with E-state index in [4.69, 9.17) is 41.9 Å². The SMILES string of the molecule is C=CC(=O)N1CCC([C@@H]2CCNc3c(C(N)=O)c(-c4ccc(Oc5ccccc5)cc4)nn32)CC1.C=CC(=O)N1CCC[C@@H](n2nc(-c3ccc(Oc4ccccc4)cc3)c3c(N)ncnc32)C1.CC#CC(=O)N1CCCC1c1nc(-c2ccc(C(=O)Nc3ccccn3)cc2)c2c(N)nccn12. The number of rotatable bonds is 15. The molecule has 25 heteroatoms. The first-order chi connectivity index (χ1) is 50.2. The summed E-state index contributed by atoms with van der Waals surface area (Å²) < 4.78 is 17.5. The van der Waals surface area contributed by atoms with Gasteiger partial charge in [0.05, 0.1) is 23.5 Å². The molecule has 520 valence electrons. The number of benzene rings is 5. The van der Waals surface area contributed by atoms with E-state index in [2.05, 4.69) is 55.6 Å². The van der Waals surface area contributed by atoms with Gasteiger partial charge in [-0.25, -0.2) is 34.3 Å². The number of hydrogen-bond acceptors (Lipinski definition) is 17. The van der Waals surface area contributed by atoms with Crippen LogP contribution in [-0.2, 0) is 14.4 Å². The van der Waals surface area contributed by atoms with E-state index in [9.17, 15) is 24.0 Å². The number of carbonyl (C=O) groups excluding carboxylic acids is 5. The highest BCUT2D eigenvalue weighted by Crippen LogP contribution is 2.42. The van der Waals surface area contributed by atoms with Crippen molar-refractivity contribution < 1.29 is 33.4 Å². The number of nitrogens with zero attached hydrogens (tertiary/aromatic N) is 13. The molecule has 0 aliphatic carbocycles. The van der Waals surface area contributed by atoms with E-state index < -0.39 is 5.91 Å². The molecule has 0 spiro atoms. The molecule has 4 aliphatic heterocycles. The van der Waals surface area contributed by atoms with Crippen molar-refractivity contribution in [2.45, 2.75) is 70.0 Å². The number of carbonyl (C=O) groups is 5. The van der Waals surface area contributed by atoms with Crippen LogP contribution in [0.2, 0.25) is 0 Å². The van der Waals surface area contributed by atoms with Crippen LogP contribution in [0.15, 0.2) is 202 Å². The van der Waals surface area contributed by atoms with Crippen LogP contribution in [0.4, 0.5) is 23.3 Å². The second kappa shape index (κ2) is 31.1. The molecule has 3 fully saturated rings. The number of fused-ring (bicyclic) bond motifs is 3. The van der Waals surface area contributed by atoms with Crippen molar-refractivity contribution in [2.75, 3.05) is 61.4 Å². The fourth-order valence-electron chi connectivity index (χ4n) is 13.7. The van der Waals surface area contributed by atoms with Crippen LogP contribution in [0.1, 0.15) is 96.5 Å². The van der Waals surface area contributed by atoms with Crippen molar-refractivity contribution in [3.63, 3.8) is 0 Å². The number of hydrogen-bond donors (Lipinski definition) is 5. The zero-order valence-electron chi connectivity index (χ0n) is 56.7. The number of pyridine rings is 1. The van der Waals surface area contributed by atoms with Crippen LogP contribution in [0, 0.1) is 17.8 Å². The molecule has 8 N–H and O–H groups in total. The number of imidazole rings is 1. The summed E-state index contributed by atoms with van der Waals surface area (Å²) in [6.45, 7) is 12.9. The summed E-state index contributed by atoms with van der Waals surface area (Å²) in [5, 5.41) is 16.6. The van der Waals surface area contributed by atoms with E-state index in [0.717, 1.165) is 85.4 Å². The average Bonchev–Trinajstić information content (AvgIpc) is 1.62. The number of piperidine rings is 2. The minimum atomic E-state index is -0.509. The molecular formula is C78H76N18O7. The normalized spacial score (nSPS) is 16.3. The first kappa shape index (κ1) is 68.5. The van der Waals surface area contributed by atoms with Crippen molar-refractivity contribution in [1.82, 2.24) is 63.6 Å². The molecule has 10 heterocycles. The number of anilines is 4. The van der Waals surface area contributed by atoms with Crippen LogP contribution in [0.5, 0.6) is 23.0 Å². The van der Waals surface area contributed by atoms with Gasteiger partial charge in [0.2, 0.25) is 11.8 Å². The van der Waals surface area contributed by atoms with Gasteiger partial charge in [-0.3, -0.25) is 28.4 Å². The lowest BCUT2D eigenvalue weighted by molar-refractivity contribution is -0.128. The van der Waals surface area contributed by atoms with Crippen LogP contribution in [0.25, 0.3) is 50.3 Å². The second-order valence-corrected chi connectivity index (χ2v) is 25.1. The fraction of sp³-hybridized carbons (Fsp3) is 0.231. The van der Waals surface area contributed by atoms with E-state index in [1.807, 2.05) is 140 Å². The van der Waals surface area contributed by atoms with E-state index >= 15 is 0 Å². The second-order valence-electron chi connectivity index (χ2n) is 25.1. The predicted molar refractivity (Wildman–Crippen MR) is 393 cm³/mol. The molecule has 0 saturated carbocycles. The van der Waals surface area contributed by atoms with Gasteiger partial charge >= 0.3 is 0 Å². The van der Waals surface area contributed by atoms with Crippen molar-refractivity contribution in [3.8, 4) is 68.6 Å². The van der Waals surface area contributed by atoms with Gasteiger partial charge in [-0.2, -0.15) is 10.2 Å². The Bertz CT molecular complexity index is 4990. The number of nitrogen functional groups attached to an aromatic ring is 2. The first-order valence-electron chi connectivity index (χ1n) is 34.1. The highest BCUT2D eigenvalue weighted by molar-refractivity contribution is 6.05.